The molecule has 9 nitrogen and oxygen atoms in total. The molecule has 4 rings (SSSR count). The van der Waals surface area contributed by atoms with E-state index in [9.17, 15) is 18.8 Å². The maximum absolute atomic E-state index is 15.0. The summed E-state index contributed by atoms with van der Waals surface area (Å²) in [5, 5.41) is 8.52. The van der Waals surface area contributed by atoms with Crippen LogP contribution in [-0.2, 0) is 16.1 Å². The van der Waals surface area contributed by atoms with Crippen LogP contribution in [-0.4, -0.2) is 62.0 Å². The van der Waals surface area contributed by atoms with Crippen molar-refractivity contribution in [3.63, 3.8) is 0 Å². The summed E-state index contributed by atoms with van der Waals surface area (Å²) in [5.74, 6) is -0.929. The van der Waals surface area contributed by atoms with Crippen LogP contribution < -0.4 is 25.4 Å². The maximum Gasteiger partial charge on any atom is 0.251 e. The van der Waals surface area contributed by atoms with Crippen LogP contribution in [0.1, 0.15) is 62.4 Å². The molecule has 0 spiro atoms. The SMILES string of the molecule is CC[C@@H]1NC(=O)CCCN(CC=C(C)C)CCCNC(=O)c2ccc(OC)c(c2)Oc2ccc(cc2F)CNC1=O. The molecule has 222 valence electrons. The molecule has 0 radical (unpaired) electrons. The van der Waals surface area contributed by atoms with Crippen molar-refractivity contribution in [2.75, 3.05) is 33.3 Å². The van der Waals surface area contributed by atoms with Gasteiger partial charge in [0.2, 0.25) is 11.8 Å². The largest absolute Gasteiger partial charge is 0.493 e. The van der Waals surface area contributed by atoms with Gasteiger partial charge in [0.1, 0.15) is 6.04 Å². The van der Waals surface area contributed by atoms with Crippen LogP contribution in [0.2, 0.25) is 0 Å². The summed E-state index contributed by atoms with van der Waals surface area (Å²) < 4.78 is 26.1. The summed E-state index contributed by atoms with van der Waals surface area (Å²) in [4.78, 5) is 40.5. The fourth-order valence-corrected chi connectivity index (χ4v) is 4.36. The van der Waals surface area contributed by atoms with Gasteiger partial charge in [0.05, 0.1) is 7.11 Å². The van der Waals surface area contributed by atoms with E-state index < -0.39 is 11.9 Å². The quantitative estimate of drug-likeness (QED) is 0.474. The monoisotopic (exact) mass is 568 g/mol. The second-order valence-corrected chi connectivity index (χ2v) is 10.3. The topological polar surface area (TPSA) is 109 Å². The molecule has 2 heterocycles. The molecule has 4 bridgehead atoms. The van der Waals surface area contributed by atoms with E-state index in [1.165, 1.54) is 30.9 Å². The highest BCUT2D eigenvalue weighted by Gasteiger charge is 2.20. The van der Waals surface area contributed by atoms with E-state index in [0.717, 1.165) is 13.1 Å². The normalized spacial score (nSPS) is 18.0. The molecule has 0 aromatic heterocycles. The van der Waals surface area contributed by atoms with Gasteiger partial charge in [-0.3, -0.25) is 19.3 Å². The zero-order chi connectivity index (χ0) is 29.8. The molecule has 2 aliphatic rings. The molecule has 1 atom stereocenters. The van der Waals surface area contributed by atoms with Crippen LogP contribution >= 0.6 is 0 Å². The number of allylic oxidation sites excluding steroid dienone is 1. The summed E-state index contributed by atoms with van der Waals surface area (Å²) in [7, 11) is 1.47. The first-order valence-electron chi connectivity index (χ1n) is 14.1. The van der Waals surface area contributed by atoms with Crippen LogP contribution in [0.3, 0.4) is 0 Å². The fraction of sp³-hybridized carbons (Fsp3) is 0.452. The lowest BCUT2D eigenvalue weighted by Crippen LogP contribution is -2.46. The van der Waals surface area contributed by atoms with Gasteiger partial charge in [-0.1, -0.05) is 24.6 Å². The number of hydrogen-bond acceptors (Lipinski definition) is 6. The molecule has 41 heavy (non-hydrogen) atoms. The van der Waals surface area contributed by atoms with Gasteiger partial charge in [0.25, 0.3) is 5.91 Å². The molecule has 2 aromatic carbocycles. The molecule has 2 aromatic rings. The minimum absolute atomic E-state index is 0.0514. The predicted molar refractivity (Wildman–Crippen MR) is 156 cm³/mol. The van der Waals surface area contributed by atoms with Crippen molar-refractivity contribution in [2.24, 2.45) is 0 Å². The van der Waals surface area contributed by atoms with E-state index in [2.05, 4.69) is 26.9 Å². The van der Waals surface area contributed by atoms with Gasteiger partial charge >= 0.3 is 0 Å². The summed E-state index contributed by atoms with van der Waals surface area (Å²) in [5.41, 5.74) is 2.09. The number of benzene rings is 2. The summed E-state index contributed by atoms with van der Waals surface area (Å²) in [6.07, 6.45) is 4.20. The summed E-state index contributed by atoms with van der Waals surface area (Å²) in [6.45, 7) is 8.63. The first-order valence-corrected chi connectivity index (χ1v) is 14.1. The molecule has 0 aliphatic carbocycles. The maximum atomic E-state index is 15.0. The number of ether oxygens (including phenoxy) is 2. The summed E-state index contributed by atoms with van der Waals surface area (Å²) >= 11 is 0. The molecular weight excluding hydrogens is 527 g/mol. The Labute approximate surface area is 241 Å². The van der Waals surface area contributed by atoms with E-state index in [1.807, 2.05) is 20.8 Å². The average Bonchev–Trinajstić information content (AvgIpc) is 2.95. The molecule has 10 heteroatoms. The Bertz CT molecular complexity index is 1250. The third-order valence-corrected chi connectivity index (χ3v) is 6.74. The highest BCUT2D eigenvalue weighted by Crippen LogP contribution is 2.34. The van der Waals surface area contributed by atoms with Crippen LogP contribution in [0.4, 0.5) is 4.39 Å². The lowest BCUT2D eigenvalue weighted by Gasteiger charge is -2.21. The standard InChI is InChI=1S/C31H41FN4O5/c1-5-25-31(39)34-20-22-9-11-26(24(32)18-22)41-28-19-23(10-12-27(28)40-4)30(38)33-14-7-16-36(17-13-21(2)3)15-6-8-29(37)35-25/h9-13,18-19,25H,5-8,14-17,20H2,1-4H3,(H,33,38)(H,34,39)(H,35,37)/t25-/m0/s1. The van der Waals surface area contributed by atoms with Crippen molar-refractivity contribution in [1.29, 1.82) is 0 Å². The number of nitrogens with one attached hydrogen (secondary N) is 3. The Kier molecular flexibility index (Phi) is 12.1. The van der Waals surface area contributed by atoms with Crippen molar-refractivity contribution in [3.05, 3.63) is 65.0 Å². The fourth-order valence-electron chi connectivity index (χ4n) is 4.36. The Morgan fingerprint density at radius 1 is 1.07 bits per heavy atom. The predicted octanol–water partition coefficient (Wildman–Crippen LogP) is 4.32. The van der Waals surface area contributed by atoms with E-state index in [4.69, 9.17) is 9.47 Å². The second kappa shape index (κ2) is 15.8. The van der Waals surface area contributed by atoms with E-state index in [1.54, 1.807) is 18.2 Å². The number of halogens is 1. The van der Waals surface area contributed by atoms with Crippen LogP contribution in [0.15, 0.2) is 48.0 Å². The third-order valence-electron chi connectivity index (χ3n) is 6.74. The van der Waals surface area contributed by atoms with E-state index in [-0.39, 0.29) is 42.2 Å². The molecular formula is C31H41FN4O5. The number of methoxy groups -OCH3 is 1. The average molecular weight is 569 g/mol. The van der Waals surface area contributed by atoms with Gasteiger partial charge in [-0.15, -0.1) is 0 Å². The highest BCUT2D eigenvalue weighted by atomic mass is 19.1. The minimum atomic E-state index is -0.679. The minimum Gasteiger partial charge on any atom is -0.493 e. The first-order chi connectivity index (χ1) is 19.7. The van der Waals surface area contributed by atoms with Crippen molar-refractivity contribution in [1.82, 2.24) is 20.9 Å². The number of carbonyl (C=O) groups excluding carboxylic acids is 3. The van der Waals surface area contributed by atoms with Gasteiger partial charge in [-0.25, -0.2) is 4.39 Å². The smallest absolute Gasteiger partial charge is 0.251 e. The van der Waals surface area contributed by atoms with Gasteiger partial charge in [-0.05, 0) is 75.5 Å². The number of carbonyl (C=O) groups is 3. The Balaban J connectivity index is 1.83. The number of amides is 3. The van der Waals surface area contributed by atoms with Crippen molar-refractivity contribution in [2.45, 2.75) is 59.0 Å². The second-order valence-electron chi connectivity index (χ2n) is 10.3. The molecule has 0 saturated carbocycles. The third kappa shape index (κ3) is 9.89. The van der Waals surface area contributed by atoms with E-state index in [0.29, 0.717) is 49.2 Å². The highest BCUT2D eigenvalue weighted by molar-refractivity contribution is 5.95. The van der Waals surface area contributed by atoms with Crippen LogP contribution in [0.5, 0.6) is 17.2 Å². The van der Waals surface area contributed by atoms with Crippen molar-refractivity contribution < 1.29 is 28.2 Å². The number of nitrogens with zero attached hydrogens (tertiary/aromatic N) is 1. The molecule has 0 unspecified atom stereocenters. The Morgan fingerprint density at radius 3 is 2.56 bits per heavy atom. The van der Waals surface area contributed by atoms with Gasteiger partial charge in [0.15, 0.2) is 23.1 Å². The van der Waals surface area contributed by atoms with Crippen LogP contribution in [0, 0.1) is 5.82 Å². The summed E-state index contributed by atoms with van der Waals surface area (Å²) in [6, 6.07) is 8.44. The zero-order valence-electron chi connectivity index (χ0n) is 24.3. The zero-order valence-corrected chi connectivity index (χ0v) is 24.3. The lowest BCUT2D eigenvalue weighted by atomic mass is 10.1. The van der Waals surface area contributed by atoms with Gasteiger partial charge in [0, 0.05) is 38.2 Å². The van der Waals surface area contributed by atoms with E-state index >= 15 is 0 Å². The lowest BCUT2D eigenvalue weighted by molar-refractivity contribution is -0.129. The molecule has 3 N–H and O–H groups in total. The van der Waals surface area contributed by atoms with Gasteiger partial charge in [-0.2, -0.15) is 0 Å². The molecule has 2 aliphatic heterocycles. The number of hydrogen-bond donors (Lipinski definition) is 3. The van der Waals surface area contributed by atoms with Crippen LogP contribution in [0.25, 0.3) is 0 Å². The Hall–Kier alpha value is -3.92. The number of rotatable bonds is 4. The van der Waals surface area contributed by atoms with Crippen molar-refractivity contribution >= 4 is 17.7 Å². The molecule has 0 fully saturated rings. The first kappa shape index (κ1) is 31.6. The van der Waals surface area contributed by atoms with Gasteiger partial charge < -0.3 is 25.4 Å². The number of fused-ring (bicyclic) bond motifs is 16. The molecule has 3 amide bonds. The Morgan fingerprint density at radius 2 is 1.85 bits per heavy atom. The van der Waals surface area contributed by atoms with Crippen molar-refractivity contribution in [3.8, 4) is 17.2 Å². The molecule has 0 saturated heterocycles.